The summed E-state index contributed by atoms with van der Waals surface area (Å²) in [7, 11) is 0. The van der Waals surface area contributed by atoms with Gasteiger partial charge in [-0.3, -0.25) is 4.79 Å². The van der Waals surface area contributed by atoms with Gasteiger partial charge in [0, 0.05) is 18.9 Å². The van der Waals surface area contributed by atoms with E-state index in [0.29, 0.717) is 0 Å². The Labute approximate surface area is 105 Å². The van der Waals surface area contributed by atoms with Crippen molar-refractivity contribution in [3.05, 3.63) is 0 Å². The Kier molecular flexibility index (Phi) is 3.98. The molecule has 104 valence electrons. The number of likely N-dealkylation sites (tertiary alicyclic amines) is 1. The molecule has 0 spiro atoms. The molecule has 4 nitrogen and oxygen atoms in total. The van der Waals surface area contributed by atoms with Gasteiger partial charge in [-0.2, -0.15) is 0 Å². The van der Waals surface area contributed by atoms with Gasteiger partial charge in [0.1, 0.15) is 11.4 Å². The van der Waals surface area contributed by atoms with Crippen molar-refractivity contribution in [2.75, 3.05) is 13.1 Å². The van der Waals surface area contributed by atoms with Crippen LogP contribution in [0.1, 0.15) is 34.1 Å². The highest BCUT2D eigenvalue weighted by molar-refractivity contribution is 5.79. The van der Waals surface area contributed by atoms with Gasteiger partial charge in [-0.15, -0.1) is 0 Å². The molecule has 0 radical (unpaired) electrons. The molecule has 1 amide bonds. The first-order valence-electron chi connectivity index (χ1n) is 5.86. The molecule has 1 rings (SSSR count). The third-order valence-electron chi connectivity index (χ3n) is 2.63. The maximum atomic E-state index is 13.5. The number of alkyl halides is 2. The van der Waals surface area contributed by atoms with E-state index in [0.717, 1.165) is 4.90 Å². The second-order valence-electron chi connectivity index (χ2n) is 5.73. The predicted molar refractivity (Wildman–Crippen MR) is 61.5 cm³/mol. The van der Waals surface area contributed by atoms with E-state index >= 15 is 0 Å². The normalized spacial score (nSPS) is 23.7. The quantitative estimate of drug-likeness (QED) is 0.730. The monoisotopic (exact) mass is 263 g/mol. The van der Waals surface area contributed by atoms with Crippen LogP contribution < -0.4 is 0 Å². The number of Topliss-reactive ketones (excluding diaryl/α,β-unsaturated/α-hetero) is 1. The zero-order valence-electron chi connectivity index (χ0n) is 11.1. The molecule has 1 fully saturated rings. The fourth-order valence-corrected chi connectivity index (χ4v) is 1.84. The van der Waals surface area contributed by atoms with E-state index in [-0.39, 0.29) is 12.3 Å². The Morgan fingerprint density at radius 2 is 1.89 bits per heavy atom. The van der Waals surface area contributed by atoms with Crippen LogP contribution in [0.15, 0.2) is 0 Å². The van der Waals surface area contributed by atoms with E-state index in [9.17, 15) is 18.4 Å². The topological polar surface area (TPSA) is 46.6 Å². The summed E-state index contributed by atoms with van der Waals surface area (Å²) in [5, 5.41) is 0. The first-order chi connectivity index (χ1) is 8.00. The van der Waals surface area contributed by atoms with E-state index in [1.165, 1.54) is 6.92 Å². The Bertz CT molecular complexity index is 350. The average Bonchev–Trinajstić information content (AvgIpc) is 2.12. The molecule has 6 heteroatoms. The number of ketones is 1. The highest BCUT2D eigenvalue weighted by Gasteiger charge is 2.44. The Balaban J connectivity index is 2.76. The molecule has 1 heterocycles. The summed E-state index contributed by atoms with van der Waals surface area (Å²) in [4.78, 5) is 23.9. The number of ether oxygens (including phenoxy) is 1. The van der Waals surface area contributed by atoms with Gasteiger partial charge in [0.2, 0.25) is 0 Å². The fraction of sp³-hybridized carbons (Fsp3) is 0.833. The molecule has 1 saturated heterocycles. The minimum Gasteiger partial charge on any atom is -0.444 e. The van der Waals surface area contributed by atoms with Crippen molar-refractivity contribution in [1.82, 2.24) is 4.90 Å². The van der Waals surface area contributed by atoms with Crippen molar-refractivity contribution < 1.29 is 23.1 Å². The van der Waals surface area contributed by atoms with E-state index in [1.807, 2.05) is 0 Å². The van der Waals surface area contributed by atoms with Gasteiger partial charge in [0.05, 0.1) is 6.54 Å². The molecule has 1 unspecified atom stereocenters. The largest absolute Gasteiger partial charge is 0.444 e. The van der Waals surface area contributed by atoms with Crippen molar-refractivity contribution in [3.8, 4) is 0 Å². The SMILES string of the molecule is CC(=O)C1CN(C(=O)OC(C)(C)C)CC(F)(F)C1. The third kappa shape index (κ3) is 4.23. The average molecular weight is 263 g/mol. The van der Waals surface area contributed by atoms with Gasteiger partial charge in [0.15, 0.2) is 0 Å². The summed E-state index contributed by atoms with van der Waals surface area (Å²) in [5.41, 5.74) is -0.741. The fourth-order valence-electron chi connectivity index (χ4n) is 1.84. The molecular formula is C12H19F2NO3. The Hall–Kier alpha value is -1.20. The molecule has 1 aliphatic rings. The summed E-state index contributed by atoms with van der Waals surface area (Å²) in [6.07, 6.45) is -1.30. The lowest BCUT2D eigenvalue weighted by atomic mass is 9.92. The lowest BCUT2D eigenvalue weighted by molar-refractivity contribution is -0.132. The van der Waals surface area contributed by atoms with Crippen LogP contribution in [-0.4, -0.2) is 41.4 Å². The maximum Gasteiger partial charge on any atom is 0.410 e. The summed E-state index contributed by atoms with van der Waals surface area (Å²) in [6.45, 7) is 5.56. The van der Waals surface area contributed by atoms with E-state index in [4.69, 9.17) is 4.74 Å². The van der Waals surface area contributed by atoms with Crippen LogP contribution in [0.5, 0.6) is 0 Å². The zero-order valence-corrected chi connectivity index (χ0v) is 11.1. The number of hydrogen-bond acceptors (Lipinski definition) is 3. The van der Waals surface area contributed by atoms with Crippen LogP contribution in [0.2, 0.25) is 0 Å². The first-order valence-corrected chi connectivity index (χ1v) is 5.86. The van der Waals surface area contributed by atoms with Crippen molar-refractivity contribution in [2.45, 2.75) is 45.6 Å². The molecule has 18 heavy (non-hydrogen) atoms. The van der Waals surface area contributed by atoms with E-state index in [2.05, 4.69) is 0 Å². The van der Waals surface area contributed by atoms with Gasteiger partial charge >= 0.3 is 6.09 Å². The molecule has 1 aliphatic heterocycles. The minimum atomic E-state index is -3.04. The zero-order chi connectivity index (χ0) is 14.1. The van der Waals surface area contributed by atoms with Gasteiger partial charge in [-0.1, -0.05) is 0 Å². The van der Waals surface area contributed by atoms with Crippen LogP contribution >= 0.6 is 0 Å². The van der Waals surface area contributed by atoms with Crippen molar-refractivity contribution in [3.63, 3.8) is 0 Å². The van der Waals surface area contributed by atoms with Crippen LogP contribution in [0, 0.1) is 5.92 Å². The molecule has 0 saturated carbocycles. The maximum absolute atomic E-state index is 13.5. The number of amides is 1. The summed E-state index contributed by atoms with van der Waals surface area (Å²) in [5.74, 6) is -4.19. The second kappa shape index (κ2) is 4.82. The van der Waals surface area contributed by atoms with Crippen LogP contribution in [-0.2, 0) is 9.53 Å². The molecule has 0 aromatic rings. The molecule has 0 aliphatic carbocycles. The number of nitrogens with zero attached hydrogens (tertiary/aromatic N) is 1. The minimum absolute atomic E-state index is 0.000162. The number of hydrogen-bond donors (Lipinski definition) is 0. The Morgan fingerprint density at radius 3 is 2.33 bits per heavy atom. The predicted octanol–water partition coefficient (Wildman–Crippen LogP) is 2.47. The molecule has 0 aromatic carbocycles. The van der Waals surface area contributed by atoms with Gasteiger partial charge in [-0.25, -0.2) is 13.6 Å². The standard InChI is InChI=1S/C12H19F2NO3/c1-8(16)9-5-12(13,14)7-15(6-9)10(17)18-11(2,3)4/h9H,5-7H2,1-4H3. The highest BCUT2D eigenvalue weighted by atomic mass is 19.3. The highest BCUT2D eigenvalue weighted by Crippen LogP contribution is 2.31. The number of halogens is 2. The molecule has 0 bridgehead atoms. The number of piperidine rings is 1. The lowest BCUT2D eigenvalue weighted by Crippen LogP contribution is -2.52. The summed E-state index contributed by atoms with van der Waals surface area (Å²) < 4.78 is 32.0. The van der Waals surface area contributed by atoms with Gasteiger partial charge in [0.25, 0.3) is 5.92 Å². The van der Waals surface area contributed by atoms with Crippen LogP contribution in [0.3, 0.4) is 0 Å². The Morgan fingerprint density at radius 1 is 1.33 bits per heavy atom. The third-order valence-corrected chi connectivity index (χ3v) is 2.63. The van der Waals surface area contributed by atoms with Crippen molar-refractivity contribution in [1.29, 1.82) is 0 Å². The molecular weight excluding hydrogens is 244 g/mol. The van der Waals surface area contributed by atoms with E-state index < -0.39 is 36.5 Å². The van der Waals surface area contributed by atoms with Gasteiger partial charge in [-0.05, 0) is 27.7 Å². The van der Waals surface area contributed by atoms with Crippen molar-refractivity contribution in [2.24, 2.45) is 5.92 Å². The molecule has 0 aromatic heterocycles. The molecule has 0 N–H and O–H groups in total. The van der Waals surface area contributed by atoms with Crippen molar-refractivity contribution >= 4 is 11.9 Å². The van der Waals surface area contributed by atoms with Gasteiger partial charge < -0.3 is 9.64 Å². The number of carbonyl (C=O) groups excluding carboxylic acids is 2. The molecule has 1 atom stereocenters. The van der Waals surface area contributed by atoms with E-state index in [1.54, 1.807) is 20.8 Å². The summed E-state index contributed by atoms with van der Waals surface area (Å²) in [6, 6.07) is 0. The lowest BCUT2D eigenvalue weighted by Gasteiger charge is -2.37. The second-order valence-corrected chi connectivity index (χ2v) is 5.73. The number of carbonyl (C=O) groups is 2. The number of rotatable bonds is 1. The smallest absolute Gasteiger partial charge is 0.410 e. The first kappa shape index (κ1) is 14.9. The summed E-state index contributed by atoms with van der Waals surface area (Å²) >= 11 is 0. The van der Waals surface area contributed by atoms with Crippen LogP contribution in [0.4, 0.5) is 13.6 Å². The van der Waals surface area contributed by atoms with Crippen LogP contribution in [0.25, 0.3) is 0 Å².